The van der Waals surface area contributed by atoms with Gasteiger partial charge in [-0.2, -0.15) is 0 Å². The summed E-state index contributed by atoms with van der Waals surface area (Å²) in [5, 5.41) is 0.795. The Morgan fingerprint density at radius 3 is 2.59 bits per heavy atom. The van der Waals surface area contributed by atoms with Gasteiger partial charge in [0, 0.05) is 56.1 Å². The molecule has 0 amide bonds. The van der Waals surface area contributed by atoms with E-state index in [-0.39, 0.29) is 12.2 Å². The molecule has 10 nitrogen and oxygen atoms in total. The molecule has 0 bridgehead atoms. The van der Waals surface area contributed by atoms with Crippen LogP contribution >= 0.6 is 0 Å². The summed E-state index contributed by atoms with van der Waals surface area (Å²) in [5.74, 6) is 3.26. The highest BCUT2D eigenvalue weighted by Gasteiger charge is 2.17. The molecule has 0 saturated carbocycles. The molecule has 2 aliphatic heterocycles. The van der Waals surface area contributed by atoms with Gasteiger partial charge in [-0.05, 0) is 62.1 Å². The topological polar surface area (TPSA) is 99.1 Å². The van der Waals surface area contributed by atoms with Gasteiger partial charge in [0.05, 0.1) is 45.1 Å². The van der Waals surface area contributed by atoms with Crippen LogP contribution in [0.3, 0.4) is 0 Å². The first-order valence-electron chi connectivity index (χ1n) is 15.4. The van der Waals surface area contributed by atoms with Crippen molar-refractivity contribution in [2.45, 2.75) is 32.1 Å². The summed E-state index contributed by atoms with van der Waals surface area (Å²) < 4.78 is 23.4. The van der Waals surface area contributed by atoms with Crippen molar-refractivity contribution in [3.63, 3.8) is 0 Å². The van der Waals surface area contributed by atoms with Crippen LogP contribution in [0.5, 0.6) is 23.0 Å². The summed E-state index contributed by atoms with van der Waals surface area (Å²) in [7, 11) is 1.63. The number of piperidine rings is 1. The molecule has 6 rings (SSSR count). The third kappa shape index (κ3) is 7.43. The lowest BCUT2D eigenvalue weighted by Gasteiger charge is -2.27. The van der Waals surface area contributed by atoms with Crippen LogP contribution in [0.15, 0.2) is 60.9 Å². The molecule has 4 aromatic rings. The van der Waals surface area contributed by atoms with Crippen molar-refractivity contribution < 1.29 is 23.7 Å². The first kappa shape index (κ1) is 29.8. The van der Waals surface area contributed by atoms with Gasteiger partial charge in [-0.1, -0.05) is 6.07 Å². The van der Waals surface area contributed by atoms with E-state index < -0.39 is 0 Å². The number of carbonyl (C=O) groups excluding carboxylic acids is 1. The van der Waals surface area contributed by atoms with Crippen LogP contribution in [0.25, 0.3) is 10.9 Å². The monoisotopic (exact) mass is 597 g/mol. The number of aromatic nitrogens is 3. The van der Waals surface area contributed by atoms with E-state index in [1.165, 1.54) is 6.42 Å². The first-order valence-corrected chi connectivity index (χ1v) is 15.4. The molecule has 0 unspecified atom stereocenters. The van der Waals surface area contributed by atoms with E-state index in [0.717, 1.165) is 81.9 Å². The zero-order valence-corrected chi connectivity index (χ0v) is 25.2. The molecule has 1 aromatic carbocycles. The van der Waals surface area contributed by atoms with Crippen molar-refractivity contribution in [2.75, 3.05) is 64.6 Å². The van der Waals surface area contributed by atoms with Crippen molar-refractivity contribution in [2.24, 2.45) is 0 Å². The minimum Gasteiger partial charge on any atom is -0.493 e. The van der Waals surface area contributed by atoms with Crippen molar-refractivity contribution in [1.82, 2.24) is 19.9 Å². The minimum absolute atomic E-state index is 0.0589. The van der Waals surface area contributed by atoms with Gasteiger partial charge in [-0.3, -0.25) is 19.7 Å². The van der Waals surface area contributed by atoms with Crippen molar-refractivity contribution in [3.05, 3.63) is 72.3 Å². The quantitative estimate of drug-likeness (QED) is 0.157. The molecule has 2 fully saturated rings. The number of benzene rings is 1. The van der Waals surface area contributed by atoms with Crippen molar-refractivity contribution in [3.8, 4) is 23.0 Å². The number of morpholine rings is 1. The Balaban J connectivity index is 1.08. The van der Waals surface area contributed by atoms with Crippen LogP contribution in [0.4, 0.5) is 5.82 Å². The highest BCUT2D eigenvalue weighted by Crippen LogP contribution is 2.37. The van der Waals surface area contributed by atoms with E-state index in [1.807, 2.05) is 42.5 Å². The third-order valence-electron chi connectivity index (χ3n) is 8.03. The minimum atomic E-state index is -0.0589. The summed E-state index contributed by atoms with van der Waals surface area (Å²) in [6.07, 6.45) is 7.99. The molecule has 44 heavy (non-hydrogen) atoms. The number of pyridine rings is 3. The normalized spacial score (nSPS) is 15.7. The Hall–Kier alpha value is -4.28. The number of methoxy groups -OCH3 is 1. The van der Waals surface area contributed by atoms with Crippen molar-refractivity contribution in [1.29, 1.82) is 0 Å². The maximum atomic E-state index is 13.0. The number of hydrogen-bond donors (Lipinski definition) is 0. The van der Waals surface area contributed by atoms with Crippen LogP contribution in [-0.2, 0) is 11.2 Å². The predicted molar refractivity (Wildman–Crippen MR) is 168 cm³/mol. The molecule has 5 heterocycles. The number of hydrogen-bond acceptors (Lipinski definition) is 10. The van der Waals surface area contributed by atoms with Crippen molar-refractivity contribution >= 4 is 22.5 Å². The fourth-order valence-corrected chi connectivity index (χ4v) is 5.62. The Kier molecular flexibility index (Phi) is 9.79. The van der Waals surface area contributed by atoms with E-state index in [1.54, 1.807) is 25.6 Å². The Morgan fingerprint density at radius 1 is 0.932 bits per heavy atom. The molecule has 2 saturated heterocycles. The smallest absolute Gasteiger partial charge is 0.187 e. The molecular weight excluding hydrogens is 558 g/mol. The maximum absolute atomic E-state index is 13.0. The molecule has 0 atom stereocenters. The molecule has 0 aliphatic carbocycles. The summed E-state index contributed by atoms with van der Waals surface area (Å²) in [6, 6.07) is 14.9. The van der Waals surface area contributed by atoms with E-state index in [9.17, 15) is 4.79 Å². The highest BCUT2D eigenvalue weighted by atomic mass is 16.5. The Bertz CT molecular complexity index is 1550. The number of anilines is 1. The fourth-order valence-electron chi connectivity index (χ4n) is 5.62. The van der Waals surface area contributed by atoms with Gasteiger partial charge in [-0.25, -0.2) is 4.98 Å². The van der Waals surface area contributed by atoms with E-state index in [4.69, 9.17) is 18.9 Å². The summed E-state index contributed by atoms with van der Waals surface area (Å²) in [4.78, 5) is 31.4. The number of fused-ring (bicyclic) bond motifs is 1. The Morgan fingerprint density at radius 2 is 1.80 bits per heavy atom. The molecule has 2 aliphatic rings. The maximum Gasteiger partial charge on any atom is 0.187 e. The third-order valence-corrected chi connectivity index (χ3v) is 8.03. The molecular formula is C34H39N5O5. The summed E-state index contributed by atoms with van der Waals surface area (Å²) >= 11 is 0. The SMILES string of the molecule is COc1cc2c(Oc3ccc(CC(=O)c4cccc(N5CCCCC5)n4)nc3)ccnc2cc1OCCCN1CCOCC1. The Labute approximate surface area is 257 Å². The van der Waals surface area contributed by atoms with E-state index >= 15 is 0 Å². The van der Waals surface area contributed by atoms with Crippen LogP contribution in [0, 0.1) is 0 Å². The zero-order chi connectivity index (χ0) is 30.1. The summed E-state index contributed by atoms with van der Waals surface area (Å²) in [6.45, 7) is 7.04. The van der Waals surface area contributed by atoms with Gasteiger partial charge in [0.2, 0.25) is 0 Å². The molecule has 10 heteroatoms. The van der Waals surface area contributed by atoms with Gasteiger partial charge in [-0.15, -0.1) is 0 Å². The zero-order valence-electron chi connectivity index (χ0n) is 25.2. The lowest BCUT2D eigenvalue weighted by Crippen LogP contribution is -2.37. The van der Waals surface area contributed by atoms with Gasteiger partial charge in [0.15, 0.2) is 17.3 Å². The molecule has 0 radical (unpaired) electrons. The van der Waals surface area contributed by atoms with Gasteiger partial charge in [0.25, 0.3) is 0 Å². The number of ether oxygens (including phenoxy) is 4. The van der Waals surface area contributed by atoms with Gasteiger partial charge in [0.1, 0.15) is 23.0 Å². The predicted octanol–water partition coefficient (Wildman–Crippen LogP) is 5.34. The largest absolute Gasteiger partial charge is 0.493 e. The van der Waals surface area contributed by atoms with E-state index in [0.29, 0.717) is 41.0 Å². The molecule has 230 valence electrons. The first-order chi connectivity index (χ1) is 21.7. The number of Topliss-reactive ketones (excluding diaryl/α,β-unsaturated/α-hetero) is 1. The second-order valence-electron chi connectivity index (χ2n) is 11.1. The number of nitrogens with zero attached hydrogens (tertiary/aromatic N) is 5. The van der Waals surface area contributed by atoms with Gasteiger partial charge >= 0.3 is 0 Å². The highest BCUT2D eigenvalue weighted by molar-refractivity contribution is 5.96. The average molecular weight is 598 g/mol. The summed E-state index contributed by atoms with van der Waals surface area (Å²) in [5.41, 5.74) is 1.86. The number of carbonyl (C=O) groups is 1. The van der Waals surface area contributed by atoms with Crippen LogP contribution in [-0.4, -0.2) is 85.3 Å². The lowest BCUT2D eigenvalue weighted by atomic mass is 10.1. The second-order valence-corrected chi connectivity index (χ2v) is 11.1. The fraction of sp³-hybridized carbons (Fsp3) is 0.412. The lowest BCUT2D eigenvalue weighted by molar-refractivity contribution is 0.0357. The van der Waals surface area contributed by atoms with Crippen LogP contribution in [0.2, 0.25) is 0 Å². The average Bonchev–Trinajstić information content (AvgIpc) is 3.08. The molecule has 3 aromatic heterocycles. The molecule has 0 N–H and O–H groups in total. The molecule has 0 spiro atoms. The van der Waals surface area contributed by atoms with Crippen LogP contribution in [0.1, 0.15) is 41.9 Å². The van der Waals surface area contributed by atoms with Crippen LogP contribution < -0.4 is 19.1 Å². The second kappa shape index (κ2) is 14.5. The van der Waals surface area contributed by atoms with Gasteiger partial charge < -0.3 is 23.8 Å². The number of rotatable bonds is 12. The van der Waals surface area contributed by atoms with E-state index in [2.05, 4.69) is 24.8 Å². The number of ketones is 1. The standard InChI is InChI=1S/C34H39N5O5/c1-41-32-22-27-29(23-33(32)43-18-6-13-38-16-19-42-20-17-38)35-12-11-31(27)44-26-10-9-25(36-24-26)21-30(40)28-7-5-8-34(37-28)39-14-3-2-4-15-39/h5,7-12,22-24H,2-4,6,13-21H2,1H3.